The molecule has 1 aromatic heterocycles. The van der Waals surface area contributed by atoms with Crippen LogP contribution in [-0.4, -0.2) is 47.5 Å². The second-order valence-electron chi connectivity index (χ2n) is 10.5. The smallest absolute Gasteiger partial charge is 0.273 e. The zero-order valence-electron chi connectivity index (χ0n) is 18.4. The standard InChI is InChI=1S/C25H31FN4O2/c26-20-3-1-2-4-22(20)30-7-5-29(6-8-30)15-23-27-21(16-32-23)24(31)28-25-12-17-9-18(13-25)11-19(10-17)14-25/h1-4,16-19H,5-15H2,(H,28,31). The van der Waals surface area contributed by atoms with Gasteiger partial charge >= 0.3 is 0 Å². The van der Waals surface area contributed by atoms with E-state index >= 15 is 0 Å². The molecule has 0 radical (unpaired) electrons. The van der Waals surface area contributed by atoms with Gasteiger partial charge in [0.05, 0.1) is 12.2 Å². The molecule has 6 nitrogen and oxygen atoms in total. The maximum atomic E-state index is 14.0. The molecular weight excluding hydrogens is 407 g/mol. The average Bonchev–Trinajstić information content (AvgIpc) is 3.22. The van der Waals surface area contributed by atoms with E-state index in [2.05, 4.69) is 20.1 Å². The molecule has 0 atom stereocenters. The molecule has 4 saturated carbocycles. The Morgan fingerprint density at radius 2 is 1.72 bits per heavy atom. The van der Waals surface area contributed by atoms with E-state index in [1.54, 1.807) is 6.07 Å². The van der Waals surface area contributed by atoms with E-state index in [9.17, 15) is 9.18 Å². The number of carbonyl (C=O) groups is 1. The highest BCUT2D eigenvalue weighted by Crippen LogP contribution is 2.55. The maximum absolute atomic E-state index is 14.0. The van der Waals surface area contributed by atoms with Crippen LogP contribution in [0.5, 0.6) is 0 Å². The fourth-order valence-corrected chi connectivity index (χ4v) is 7.10. The summed E-state index contributed by atoms with van der Waals surface area (Å²) in [6, 6.07) is 6.92. The first-order valence-corrected chi connectivity index (χ1v) is 12.0. The van der Waals surface area contributed by atoms with Crippen LogP contribution in [-0.2, 0) is 6.54 Å². The highest BCUT2D eigenvalue weighted by atomic mass is 19.1. The average molecular weight is 439 g/mol. The molecule has 1 amide bonds. The minimum Gasteiger partial charge on any atom is -0.447 e. The van der Waals surface area contributed by atoms with Gasteiger partial charge in [-0.15, -0.1) is 0 Å². The maximum Gasteiger partial charge on any atom is 0.273 e. The Kier molecular flexibility index (Phi) is 4.97. The quantitative estimate of drug-likeness (QED) is 0.769. The molecule has 5 fully saturated rings. The van der Waals surface area contributed by atoms with Gasteiger partial charge in [-0.05, 0) is 68.4 Å². The van der Waals surface area contributed by atoms with Gasteiger partial charge in [-0.3, -0.25) is 9.69 Å². The van der Waals surface area contributed by atoms with Crippen molar-refractivity contribution in [1.29, 1.82) is 0 Å². The topological polar surface area (TPSA) is 61.6 Å². The third kappa shape index (κ3) is 3.81. The fourth-order valence-electron chi connectivity index (χ4n) is 7.10. The molecular formula is C25H31FN4O2. The monoisotopic (exact) mass is 438 g/mol. The van der Waals surface area contributed by atoms with Crippen molar-refractivity contribution in [2.45, 2.75) is 50.6 Å². The van der Waals surface area contributed by atoms with Crippen LogP contribution < -0.4 is 10.2 Å². The van der Waals surface area contributed by atoms with Crippen molar-refractivity contribution in [1.82, 2.24) is 15.2 Å². The van der Waals surface area contributed by atoms with E-state index in [4.69, 9.17) is 4.42 Å². The highest BCUT2D eigenvalue weighted by Gasteiger charge is 2.51. The SMILES string of the molecule is O=C(NC12CC3CC(CC(C3)C1)C2)c1coc(CN2CCN(c3ccccc3F)CC2)n1. The van der Waals surface area contributed by atoms with Crippen LogP contribution in [0.4, 0.5) is 10.1 Å². The van der Waals surface area contributed by atoms with Gasteiger partial charge in [0.15, 0.2) is 5.69 Å². The first-order chi connectivity index (χ1) is 15.6. The zero-order chi connectivity index (χ0) is 21.7. The minimum atomic E-state index is -0.177. The number of nitrogens with zero attached hydrogens (tertiary/aromatic N) is 3. The number of hydrogen-bond acceptors (Lipinski definition) is 5. The number of amides is 1. The van der Waals surface area contributed by atoms with Crippen LogP contribution in [0.25, 0.3) is 0 Å². The minimum absolute atomic E-state index is 0.0199. The molecule has 1 aliphatic heterocycles. The first-order valence-electron chi connectivity index (χ1n) is 12.0. The number of halogens is 1. The molecule has 0 spiro atoms. The summed E-state index contributed by atoms with van der Waals surface area (Å²) in [6.07, 6.45) is 8.94. The van der Waals surface area contributed by atoms with Gasteiger partial charge in [-0.2, -0.15) is 0 Å². The Bertz CT molecular complexity index is 962. The number of para-hydroxylation sites is 1. The summed E-state index contributed by atoms with van der Waals surface area (Å²) < 4.78 is 19.7. The molecule has 7 heteroatoms. The van der Waals surface area contributed by atoms with Gasteiger partial charge in [0.1, 0.15) is 12.1 Å². The molecule has 4 aliphatic carbocycles. The van der Waals surface area contributed by atoms with Crippen LogP contribution in [0.3, 0.4) is 0 Å². The number of piperazine rings is 1. The summed E-state index contributed by atoms with van der Waals surface area (Å²) in [7, 11) is 0. The molecule has 7 rings (SSSR count). The Balaban J connectivity index is 1.05. The number of hydrogen-bond donors (Lipinski definition) is 1. The molecule has 170 valence electrons. The van der Waals surface area contributed by atoms with E-state index in [0.29, 0.717) is 23.8 Å². The van der Waals surface area contributed by atoms with E-state index in [0.717, 1.165) is 63.2 Å². The fraction of sp³-hybridized carbons (Fsp3) is 0.600. The second-order valence-corrected chi connectivity index (χ2v) is 10.5. The van der Waals surface area contributed by atoms with Gasteiger partial charge in [0.2, 0.25) is 5.89 Å². The van der Waals surface area contributed by atoms with Crippen molar-refractivity contribution < 1.29 is 13.6 Å². The molecule has 1 saturated heterocycles. The Hall–Kier alpha value is -2.41. The van der Waals surface area contributed by atoms with Crippen LogP contribution in [0.2, 0.25) is 0 Å². The Morgan fingerprint density at radius 1 is 1.06 bits per heavy atom. The first kappa shape index (κ1) is 20.2. The number of anilines is 1. The summed E-state index contributed by atoms with van der Waals surface area (Å²) in [4.78, 5) is 21.8. The molecule has 4 bridgehead atoms. The van der Waals surface area contributed by atoms with Crippen molar-refractivity contribution >= 4 is 11.6 Å². The molecule has 2 heterocycles. The third-order valence-electron chi connectivity index (χ3n) is 8.13. The van der Waals surface area contributed by atoms with Crippen LogP contribution in [0.1, 0.15) is 54.9 Å². The largest absolute Gasteiger partial charge is 0.447 e. The molecule has 1 N–H and O–H groups in total. The molecule has 1 aromatic carbocycles. The van der Waals surface area contributed by atoms with Gasteiger partial charge in [0, 0.05) is 31.7 Å². The van der Waals surface area contributed by atoms with Crippen molar-refractivity contribution in [2.75, 3.05) is 31.1 Å². The number of aromatic nitrogens is 1. The molecule has 2 aromatic rings. The Morgan fingerprint density at radius 3 is 2.38 bits per heavy atom. The second kappa shape index (κ2) is 7.87. The Labute approximate surface area is 188 Å². The van der Waals surface area contributed by atoms with Crippen LogP contribution in [0, 0.1) is 23.6 Å². The normalized spacial score (nSPS) is 31.8. The van der Waals surface area contributed by atoms with Crippen LogP contribution in [0.15, 0.2) is 34.9 Å². The lowest BCUT2D eigenvalue weighted by molar-refractivity contribution is -0.0167. The van der Waals surface area contributed by atoms with Crippen LogP contribution >= 0.6 is 0 Å². The molecule has 32 heavy (non-hydrogen) atoms. The van der Waals surface area contributed by atoms with Crippen molar-refractivity contribution in [3.63, 3.8) is 0 Å². The van der Waals surface area contributed by atoms with Crippen molar-refractivity contribution in [2.24, 2.45) is 17.8 Å². The number of oxazole rings is 1. The predicted octanol–water partition coefficient (Wildman–Crippen LogP) is 3.83. The summed E-state index contributed by atoms with van der Waals surface area (Å²) in [5.74, 6) is 2.67. The van der Waals surface area contributed by atoms with E-state index in [-0.39, 0.29) is 17.3 Å². The third-order valence-corrected chi connectivity index (χ3v) is 8.13. The summed E-state index contributed by atoms with van der Waals surface area (Å²) >= 11 is 0. The lowest BCUT2D eigenvalue weighted by atomic mass is 9.53. The summed E-state index contributed by atoms with van der Waals surface area (Å²) in [5.41, 5.74) is 1.03. The zero-order valence-corrected chi connectivity index (χ0v) is 18.4. The number of rotatable bonds is 5. The molecule has 0 unspecified atom stereocenters. The number of nitrogens with one attached hydrogen (secondary N) is 1. The van der Waals surface area contributed by atoms with E-state index < -0.39 is 0 Å². The van der Waals surface area contributed by atoms with E-state index in [1.807, 2.05) is 12.1 Å². The summed E-state index contributed by atoms with van der Waals surface area (Å²) in [5, 5.41) is 3.37. The number of benzene rings is 1. The van der Waals surface area contributed by atoms with Crippen molar-refractivity contribution in [3.05, 3.63) is 47.9 Å². The number of carbonyl (C=O) groups excluding carboxylic acids is 1. The van der Waals surface area contributed by atoms with E-state index in [1.165, 1.54) is 31.6 Å². The highest BCUT2D eigenvalue weighted by molar-refractivity contribution is 5.92. The van der Waals surface area contributed by atoms with Gasteiger partial charge in [0.25, 0.3) is 5.91 Å². The van der Waals surface area contributed by atoms with Gasteiger partial charge in [-0.1, -0.05) is 12.1 Å². The molecule has 5 aliphatic rings. The lowest BCUT2D eigenvalue weighted by Gasteiger charge is -2.56. The predicted molar refractivity (Wildman–Crippen MR) is 119 cm³/mol. The van der Waals surface area contributed by atoms with Crippen molar-refractivity contribution in [3.8, 4) is 0 Å². The summed E-state index contributed by atoms with van der Waals surface area (Å²) in [6.45, 7) is 3.66. The lowest BCUT2D eigenvalue weighted by Crippen LogP contribution is -2.59. The van der Waals surface area contributed by atoms with Gasteiger partial charge < -0.3 is 14.6 Å². The van der Waals surface area contributed by atoms with Gasteiger partial charge in [-0.25, -0.2) is 9.37 Å².